The molecule has 1 aromatic heterocycles. The summed E-state index contributed by atoms with van der Waals surface area (Å²) in [5.74, 6) is -0.958. The van der Waals surface area contributed by atoms with E-state index in [0.717, 1.165) is 16.3 Å². The maximum atomic E-state index is 12.2. The molecule has 0 radical (unpaired) electrons. The van der Waals surface area contributed by atoms with Crippen LogP contribution in [0.2, 0.25) is 0 Å². The zero-order chi connectivity index (χ0) is 17.4. The van der Waals surface area contributed by atoms with Gasteiger partial charge in [-0.25, -0.2) is 0 Å². The van der Waals surface area contributed by atoms with Gasteiger partial charge >= 0.3 is 0 Å². The lowest BCUT2D eigenvalue weighted by Crippen LogP contribution is -2.33. The molecule has 0 unspecified atom stereocenters. The molecule has 0 saturated heterocycles. The molecule has 3 amide bonds. The molecule has 1 aliphatic rings. The Kier molecular flexibility index (Phi) is 3.92. The third-order valence-corrected chi connectivity index (χ3v) is 4.21. The summed E-state index contributed by atoms with van der Waals surface area (Å²) in [6, 6.07) is 6.68. The van der Waals surface area contributed by atoms with Crippen molar-refractivity contribution in [1.82, 2.24) is 14.7 Å². The third kappa shape index (κ3) is 2.58. The lowest BCUT2D eigenvalue weighted by atomic mass is 10.1. The minimum absolute atomic E-state index is 0.0409. The Balaban J connectivity index is 1.65. The summed E-state index contributed by atoms with van der Waals surface area (Å²) < 4.78 is 1.69. The molecule has 124 valence electrons. The molecule has 1 N–H and O–H groups in total. The highest BCUT2D eigenvalue weighted by molar-refractivity contribution is 6.21. The largest absolute Gasteiger partial charge is 0.323 e. The number of rotatable bonds is 4. The van der Waals surface area contributed by atoms with Crippen molar-refractivity contribution >= 4 is 23.4 Å². The summed E-state index contributed by atoms with van der Waals surface area (Å²) in [6.45, 7) is 3.73. The molecule has 24 heavy (non-hydrogen) atoms. The van der Waals surface area contributed by atoms with E-state index in [1.807, 2.05) is 13.8 Å². The van der Waals surface area contributed by atoms with Crippen molar-refractivity contribution in [2.45, 2.75) is 20.3 Å². The van der Waals surface area contributed by atoms with Gasteiger partial charge in [-0.05, 0) is 26.0 Å². The number of aromatic nitrogens is 2. The number of carbonyl (C=O) groups is 3. The maximum Gasteiger partial charge on any atom is 0.261 e. The number of benzene rings is 1. The number of nitrogens with zero attached hydrogens (tertiary/aromatic N) is 3. The van der Waals surface area contributed by atoms with Crippen LogP contribution in [0.4, 0.5) is 5.69 Å². The Labute approximate surface area is 139 Å². The molecular formula is C17H18N4O3. The van der Waals surface area contributed by atoms with E-state index >= 15 is 0 Å². The van der Waals surface area contributed by atoms with Gasteiger partial charge in [0.05, 0.1) is 28.2 Å². The lowest BCUT2D eigenvalue weighted by Gasteiger charge is -2.13. The van der Waals surface area contributed by atoms with Gasteiger partial charge in [0.25, 0.3) is 11.8 Å². The van der Waals surface area contributed by atoms with Gasteiger partial charge < -0.3 is 5.32 Å². The van der Waals surface area contributed by atoms with Crippen LogP contribution in [-0.2, 0) is 11.8 Å². The van der Waals surface area contributed by atoms with Crippen molar-refractivity contribution in [3.05, 3.63) is 46.8 Å². The van der Waals surface area contributed by atoms with E-state index < -0.39 is 0 Å². The van der Waals surface area contributed by atoms with Gasteiger partial charge in [0.15, 0.2) is 0 Å². The minimum Gasteiger partial charge on any atom is -0.323 e. The van der Waals surface area contributed by atoms with Gasteiger partial charge in [-0.3, -0.25) is 24.0 Å². The van der Waals surface area contributed by atoms with E-state index in [4.69, 9.17) is 0 Å². The summed E-state index contributed by atoms with van der Waals surface area (Å²) in [5.41, 5.74) is 3.03. The van der Waals surface area contributed by atoms with E-state index in [2.05, 4.69) is 10.4 Å². The zero-order valence-corrected chi connectivity index (χ0v) is 13.8. The van der Waals surface area contributed by atoms with Gasteiger partial charge in [-0.1, -0.05) is 12.1 Å². The number of hydrogen-bond acceptors (Lipinski definition) is 4. The molecule has 1 aliphatic heterocycles. The average molecular weight is 326 g/mol. The van der Waals surface area contributed by atoms with E-state index in [9.17, 15) is 14.4 Å². The second kappa shape index (κ2) is 5.92. The fraction of sp³-hybridized carbons (Fsp3) is 0.294. The molecule has 0 bridgehead atoms. The van der Waals surface area contributed by atoms with E-state index in [0.29, 0.717) is 16.8 Å². The van der Waals surface area contributed by atoms with Crippen molar-refractivity contribution < 1.29 is 14.4 Å². The Morgan fingerprint density at radius 2 is 1.71 bits per heavy atom. The third-order valence-electron chi connectivity index (χ3n) is 4.21. The van der Waals surface area contributed by atoms with E-state index in [-0.39, 0.29) is 30.7 Å². The fourth-order valence-electron chi connectivity index (χ4n) is 2.81. The Hall–Kier alpha value is -2.96. The molecule has 2 aromatic rings. The monoisotopic (exact) mass is 326 g/mol. The smallest absolute Gasteiger partial charge is 0.261 e. The van der Waals surface area contributed by atoms with Gasteiger partial charge in [-0.2, -0.15) is 5.10 Å². The zero-order valence-electron chi connectivity index (χ0n) is 13.8. The normalized spacial score (nSPS) is 13.4. The van der Waals surface area contributed by atoms with Crippen molar-refractivity contribution in [3.8, 4) is 0 Å². The van der Waals surface area contributed by atoms with Gasteiger partial charge in [0.2, 0.25) is 5.91 Å². The van der Waals surface area contributed by atoms with Gasteiger partial charge in [-0.15, -0.1) is 0 Å². The second-order valence-corrected chi connectivity index (χ2v) is 5.78. The summed E-state index contributed by atoms with van der Waals surface area (Å²) in [6.07, 6.45) is 0.0409. The highest BCUT2D eigenvalue weighted by Crippen LogP contribution is 2.23. The van der Waals surface area contributed by atoms with Gasteiger partial charge in [0.1, 0.15) is 0 Å². The van der Waals surface area contributed by atoms with Crippen molar-refractivity contribution in [2.75, 3.05) is 11.9 Å². The molecule has 0 aliphatic carbocycles. The molecule has 0 spiro atoms. The number of imide groups is 1. The first kappa shape index (κ1) is 15.9. The number of anilines is 1. The summed E-state index contributed by atoms with van der Waals surface area (Å²) in [7, 11) is 1.80. The van der Waals surface area contributed by atoms with Crippen LogP contribution in [0.25, 0.3) is 0 Å². The van der Waals surface area contributed by atoms with Crippen LogP contribution in [0, 0.1) is 13.8 Å². The van der Waals surface area contributed by atoms with E-state index in [1.165, 1.54) is 0 Å². The Morgan fingerprint density at radius 3 is 2.21 bits per heavy atom. The SMILES string of the molecule is Cc1nn(C)c(C)c1NC(=O)CCN1C(=O)c2ccccc2C1=O. The Bertz CT molecular complexity index is 819. The molecule has 3 rings (SSSR count). The average Bonchev–Trinajstić information content (AvgIpc) is 2.94. The molecule has 0 atom stereocenters. The lowest BCUT2D eigenvalue weighted by molar-refractivity contribution is -0.116. The van der Waals surface area contributed by atoms with Crippen LogP contribution in [0.1, 0.15) is 38.5 Å². The number of carbonyl (C=O) groups excluding carboxylic acids is 3. The first-order chi connectivity index (χ1) is 11.4. The molecule has 0 saturated carbocycles. The van der Waals surface area contributed by atoms with E-state index in [1.54, 1.807) is 36.0 Å². The standard InChI is InChI=1S/C17H18N4O3/c1-10-15(11(2)20(3)19-10)18-14(22)8-9-21-16(23)12-6-4-5-7-13(12)17(21)24/h4-7H,8-9H2,1-3H3,(H,18,22). The molecule has 1 aromatic carbocycles. The van der Waals surface area contributed by atoms with Crippen LogP contribution >= 0.6 is 0 Å². The van der Waals surface area contributed by atoms with Crippen LogP contribution in [0.15, 0.2) is 24.3 Å². The Morgan fingerprint density at radius 1 is 1.12 bits per heavy atom. The van der Waals surface area contributed by atoms with Gasteiger partial charge in [0, 0.05) is 20.0 Å². The van der Waals surface area contributed by atoms with Crippen LogP contribution in [-0.4, -0.2) is 38.9 Å². The first-order valence-electron chi connectivity index (χ1n) is 7.65. The summed E-state index contributed by atoms with van der Waals surface area (Å²) in [5, 5.41) is 7.04. The van der Waals surface area contributed by atoms with Crippen LogP contribution in [0.5, 0.6) is 0 Å². The summed E-state index contributed by atoms with van der Waals surface area (Å²) in [4.78, 5) is 37.8. The number of hydrogen-bond donors (Lipinski definition) is 1. The number of nitrogens with one attached hydrogen (secondary N) is 1. The topological polar surface area (TPSA) is 84.3 Å². The predicted octanol–water partition coefficient (Wildman–Crippen LogP) is 1.66. The number of amides is 3. The van der Waals surface area contributed by atoms with Crippen molar-refractivity contribution in [2.24, 2.45) is 7.05 Å². The predicted molar refractivity (Wildman–Crippen MR) is 87.7 cm³/mol. The van der Waals surface area contributed by atoms with Crippen LogP contribution in [0.3, 0.4) is 0 Å². The molecular weight excluding hydrogens is 308 g/mol. The molecule has 2 heterocycles. The molecule has 0 fully saturated rings. The number of fused-ring (bicyclic) bond motifs is 1. The minimum atomic E-state index is -0.350. The highest BCUT2D eigenvalue weighted by atomic mass is 16.2. The number of aryl methyl sites for hydroxylation is 2. The quantitative estimate of drug-likeness (QED) is 0.866. The summed E-state index contributed by atoms with van der Waals surface area (Å²) >= 11 is 0. The second-order valence-electron chi connectivity index (χ2n) is 5.78. The van der Waals surface area contributed by atoms with Crippen LogP contribution < -0.4 is 5.32 Å². The van der Waals surface area contributed by atoms with Crippen molar-refractivity contribution in [1.29, 1.82) is 0 Å². The molecule has 7 nitrogen and oxygen atoms in total. The maximum absolute atomic E-state index is 12.2. The first-order valence-corrected chi connectivity index (χ1v) is 7.65. The molecule has 7 heteroatoms. The fourth-order valence-corrected chi connectivity index (χ4v) is 2.81. The highest BCUT2D eigenvalue weighted by Gasteiger charge is 2.35. The van der Waals surface area contributed by atoms with Crippen molar-refractivity contribution in [3.63, 3.8) is 0 Å².